The zero-order valence-electron chi connectivity index (χ0n) is 34.2. The molecule has 63 heavy (non-hydrogen) atoms. The lowest BCUT2D eigenvalue weighted by Crippen LogP contribution is -2.05. The summed E-state index contributed by atoms with van der Waals surface area (Å²) in [5.41, 5.74) is 11.9. The van der Waals surface area contributed by atoms with Crippen LogP contribution >= 0.6 is 11.3 Å². The van der Waals surface area contributed by atoms with E-state index in [0.717, 1.165) is 67.5 Å². The van der Waals surface area contributed by atoms with Crippen molar-refractivity contribution in [3.05, 3.63) is 224 Å². The quantitative estimate of drug-likeness (QED) is 0.161. The molecule has 1 aliphatic rings. The summed E-state index contributed by atoms with van der Waals surface area (Å²) in [5, 5.41) is 6.12. The molecule has 5 heteroatoms. The second-order valence-electron chi connectivity index (χ2n) is 16.1. The number of rotatable bonds is 7. The van der Waals surface area contributed by atoms with Crippen LogP contribution in [0, 0.1) is 0 Å². The Bertz CT molecular complexity index is 3600. The fraction of sp³-hybridized carbons (Fsp3) is 0.0345. The van der Waals surface area contributed by atoms with Crippen LogP contribution in [-0.2, 0) is 0 Å². The zero-order valence-corrected chi connectivity index (χ0v) is 35.0. The summed E-state index contributed by atoms with van der Waals surface area (Å²) in [5.74, 6) is 2.31. The maximum Gasteiger partial charge on any atom is 0.164 e. The maximum absolute atomic E-state index is 5.42. The SMILES string of the molecule is C1=CC(c2ccccc2)CC=C1c1nc(-c2ccccc2)nc(-c2cccc(-c3cccc(-c4ccc5nc(-c6cccc7ccccc67)c6sc7ccccc7c6c5c4)c3)c2)n1. The molecule has 0 N–H and O–H groups in total. The Morgan fingerprint density at radius 3 is 1.83 bits per heavy atom. The molecule has 0 saturated heterocycles. The van der Waals surface area contributed by atoms with Crippen LogP contribution in [0.15, 0.2) is 212 Å². The number of hydrogen-bond acceptors (Lipinski definition) is 5. The summed E-state index contributed by atoms with van der Waals surface area (Å²) in [6, 6.07) is 68.8. The summed E-state index contributed by atoms with van der Waals surface area (Å²) >= 11 is 1.83. The van der Waals surface area contributed by atoms with E-state index in [1.165, 1.54) is 36.5 Å². The Hall–Kier alpha value is -7.86. The number of aromatic nitrogens is 4. The maximum atomic E-state index is 5.42. The Kier molecular flexibility index (Phi) is 9.12. The summed E-state index contributed by atoms with van der Waals surface area (Å²) in [6.07, 6.45) is 7.57. The van der Waals surface area contributed by atoms with Crippen LogP contribution in [0.3, 0.4) is 0 Å². The number of allylic oxidation sites excluding steroid dienone is 4. The van der Waals surface area contributed by atoms with E-state index in [2.05, 4.69) is 194 Å². The fourth-order valence-electron chi connectivity index (χ4n) is 9.08. The van der Waals surface area contributed by atoms with Gasteiger partial charge in [0.25, 0.3) is 0 Å². The zero-order chi connectivity index (χ0) is 41.7. The van der Waals surface area contributed by atoms with Gasteiger partial charge in [-0.2, -0.15) is 0 Å². The van der Waals surface area contributed by atoms with Gasteiger partial charge in [0.05, 0.1) is 15.9 Å². The van der Waals surface area contributed by atoms with Crippen molar-refractivity contribution in [2.45, 2.75) is 12.3 Å². The summed E-state index contributed by atoms with van der Waals surface area (Å²) in [6.45, 7) is 0. The van der Waals surface area contributed by atoms with E-state index in [9.17, 15) is 0 Å². The molecule has 0 aliphatic heterocycles. The van der Waals surface area contributed by atoms with Crippen molar-refractivity contribution in [3.63, 3.8) is 0 Å². The van der Waals surface area contributed by atoms with Crippen molar-refractivity contribution < 1.29 is 0 Å². The molecule has 0 spiro atoms. The molecular formula is C58H38N4S. The lowest BCUT2D eigenvalue weighted by Gasteiger charge is -2.17. The first-order valence-electron chi connectivity index (χ1n) is 21.4. The van der Waals surface area contributed by atoms with Gasteiger partial charge >= 0.3 is 0 Å². The second-order valence-corrected chi connectivity index (χ2v) is 17.2. The van der Waals surface area contributed by atoms with Gasteiger partial charge in [-0.3, -0.25) is 0 Å². The summed E-state index contributed by atoms with van der Waals surface area (Å²) < 4.78 is 2.48. The minimum atomic E-state index is 0.327. The topological polar surface area (TPSA) is 51.6 Å². The Balaban J connectivity index is 0.927. The molecule has 4 nitrogen and oxygen atoms in total. The van der Waals surface area contributed by atoms with Gasteiger partial charge in [0.1, 0.15) is 0 Å². The molecule has 1 unspecified atom stereocenters. The van der Waals surface area contributed by atoms with Gasteiger partial charge in [-0.25, -0.2) is 19.9 Å². The van der Waals surface area contributed by atoms with Crippen LogP contribution in [0.4, 0.5) is 0 Å². The van der Waals surface area contributed by atoms with Crippen molar-refractivity contribution in [3.8, 4) is 56.3 Å². The normalized spacial score (nSPS) is 13.8. The average Bonchev–Trinajstić information content (AvgIpc) is 3.77. The van der Waals surface area contributed by atoms with Gasteiger partial charge in [-0.15, -0.1) is 11.3 Å². The molecule has 0 saturated carbocycles. The fourth-order valence-corrected chi connectivity index (χ4v) is 10.3. The summed E-state index contributed by atoms with van der Waals surface area (Å²) in [7, 11) is 0. The third-order valence-electron chi connectivity index (χ3n) is 12.3. The molecule has 3 heterocycles. The molecule has 3 aromatic heterocycles. The van der Waals surface area contributed by atoms with Gasteiger partial charge in [0.2, 0.25) is 0 Å². The molecular weight excluding hydrogens is 785 g/mol. The average molecular weight is 823 g/mol. The lowest BCUT2D eigenvalue weighted by atomic mass is 9.90. The van der Waals surface area contributed by atoms with Crippen LogP contribution < -0.4 is 0 Å². The molecule has 0 bridgehead atoms. The van der Waals surface area contributed by atoms with E-state index in [1.807, 2.05) is 29.5 Å². The van der Waals surface area contributed by atoms with E-state index in [-0.39, 0.29) is 0 Å². The number of fused-ring (bicyclic) bond motifs is 6. The van der Waals surface area contributed by atoms with Crippen LogP contribution in [-0.4, -0.2) is 19.9 Å². The summed E-state index contributed by atoms with van der Waals surface area (Å²) in [4.78, 5) is 20.6. The van der Waals surface area contributed by atoms with E-state index in [1.54, 1.807) is 0 Å². The highest BCUT2D eigenvalue weighted by atomic mass is 32.1. The van der Waals surface area contributed by atoms with Crippen molar-refractivity contribution in [1.82, 2.24) is 19.9 Å². The van der Waals surface area contributed by atoms with Gasteiger partial charge in [-0.1, -0.05) is 182 Å². The van der Waals surface area contributed by atoms with Crippen molar-refractivity contribution >= 4 is 58.8 Å². The van der Waals surface area contributed by atoms with Crippen molar-refractivity contribution in [2.75, 3.05) is 0 Å². The van der Waals surface area contributed by atoms with Crippen molar-refractivity contribution in [2.24, 2.45) is 0 Å². The number of nitrogens with zero attached hydrogens (tertiary/aromatic N) is 4. The van der Waals surface area contributed by atoms with E-state index < -0.39 is 0 Å². The van der Waals surface area contributed by atoms with Gasteiger partial charge in [0, 0.05) is 49.0 Å². The van der Waals surface area contributed by atoms with Crippen molar-refractivity contribution in [1.29, 1.82) is 0 Å². The third-order valence-corrected chi connectivity index (χ3v) is 13.4. The standard InChI is InChI=1S/C58H38N4S/c1-3-14-37(15-4-1)38-28-30-41(31-29-38)57-60-56(40-17-5-2-6-18-40)61-58(62-57)46-23-12-22-44(35-46)42-20-11-21-43(34-42)45-32-33-51-50(36-45)53-49-25-9-10-27-52(49)63-55(53)54(59-51)48-26-13-19-39-16-7-8-24-47(39)48/h1-28,30-36,38H,29H2. The number of hydrogen-bond donors (Lipinski definition) is 0. The third kappa shape index (κ3) is 6.80. The lowest BCUT2D eigenvalue weighted by molar-refractivity contribution is 0.854. The molecule has 11 aromatic rings. The van der Waals surface area contributed by atoms with E-state index in [4.69, 9.17) is 19.9 Å². The Morgan fingerprint density at radius 1 is 0.444 bits per heavy atom. The molecule has 1 atom stereocenters. The highest BCUT2D eigenvalue weighted by Gasteiger charge is 2.20. The Labute approximate surface area is 369 Å². The molecule has 1 aliphatic carbocycles. The minimum absolute atomic E-state index is 0.327. The van der Waals surface area contributed by atoms with Crippen LogP contribution in [0.1, 0.15) is 23.7 Å². The highest BCUT2D eigenvalue weighted by molar-refractivity contribution is 7.26. The first-order chi connectivity index (χ1) is 31.2. The smallest absolute Gasteiger partial charge is 0.164 e. The first kappa shape index (κ1) is 36.9. The monoisotopic (exact) mass is 822 g/mol. The van der Waals surface area contributed by atoms with Gasteiger partial charge < -0.3 is 0 Å². The number of thiophene rings is 1. The van der Waals surface area contributed by atoms with Crippen LogP contribution in [0.2, 0.25) is 0 Å². The number of pyridine rings is 1. The molecule has 12 rings (SSSR count). The van der Waals surface area contributed by atoms with E-state index in [0.29, 0.717) is 23.4 Å². The van der Waals surface area contributed by atoms with Crippen LogP contribution in [0.5, 0.6) is 0 Å². The number of benzene rings is 8. The predicted molar refractivity (Wildman–Crippen MR) is 264 cm³/mol. The van der Waals surface area contributed by atoms with Gasteiger partial charge in [0.15, 0.2) is 17.5 Å². The molecule has 0 amide bonds. The largest absolute Gasteiger partial charge is 0.246 e. The minimum Gasteiger partial charge on any atom is -0.246 e. The van der Waals surface area contributed by atoms with Gasteiger partial charge in [-0.05, 0) is 75.3 Å². The second kappa shape index (κ2) is 15.6. The molecule has 0 fully saturated rings. The predicted octanol–water partition coefficient (Wildman–Crippen LogP) is 15.4. The molecule has 0 radical (unpaired) electrons. The highest BCUT2D eigenvalue weighted by Crippen LogP contribution is 2.45. The molecule has 8 aromatic carbocycles. The van der Waals surface area contributed by atoms with E-state index >= 15 is 0 Å². The first-order valence-corrected chi connectivity index (χ1v) is 22.2. The molecule has 296 valence electrons. The van der Waals surface area contributed by atoms with Crippen LogP contribution in [0.25, 0.3) is 104 Å². The Morgan fingerprint density at radius 2 is 1.05 bits per heavy atom.